The number of aliphatic carboxylic acids is 1. The number of fused-ring (bicyclic) bond motifs is 3. The summed E-state index contributed by atoms with van der Waals surface area (Å²) in [5.41, 5.74) is 3.84. The smallest absolute Gasteiger partial charge is 0.329 e. The molecule has 3 heterocycles. The molecule has 0 bridgehead atoms. The SMILES string of the molecule is C[C@@H]1Cc2c([nH]c3ccccc23)[C@@H](c2ccc(OCCCCCCCOCC(=O)O)cn2)N1CC(F)F. The van der Waals surface area contributed by atoms with Crippen molar-refractivity contribution in [3.8, 4) is 5.75 Å². The van der Waals surface area contributed by atoms with Gasteiger partial charge in [0, 0.05) is 29.2 Å². The van der Waals surface area contributed by atoms with Crippen LogP contribution in [-0.4, -0.2) is 64.8 Å². The van der Waals surface area contributed by atoms with Gasteiger partial charge in [-0.1, -0.05) is 37.5 Å². The number of rotatable bonds is 14. The third-order valence-corrected chi connectivity index (χ3v) is 6.83. The summed E-state index contributed by atoms with van der Waals surface area (Å²) in [6.07, 6.45) is 4.73. The molecule has 0 aliphatic carbocycles. The van der Waals surface area contributed by atoms with Crippen molar-refractivity contribution in [2.75, 3.05) is 26.4 Å². The van der Waals surface area contributed by atoms with Gasteiger partial charge in [-0.2, -0.15) is 0 Å². The molecule has 0 amide bonds. The molecule has 3 aromatic rings. The number of nitrogens with one attached hydrogen (secondary N) is 1. The molecule has 200 valence electrons. The molecule has 0 radical (unpaired) electrons. The van der Waals surface area contributed by atoms with Gasteiger partial charge in [0.1, 0.15) is 12.4 Å². The summed E-state index contributed by atoms with van der Waals surface area (Å²) in [6.45, 7) is 2.48. The molecule has 0 saturated heterocycles. The van der Waals surface area contributed by atoms with E-state index in [4.69, 9.17) is 14.6 Å². The molecule has 37 heavy (non-hydrogen) atoms. The fourth-order valence-corrected chi connectivity index (χ4v) is 5.09. The van der Waals surface area contributed by atoms with Crippen LogP contribution in [0.5, 0.6) is 5.75 Å². The van der Waals surface area contributed by atoms with E-state index in [9.17, 15) is 13.6 Å². The Bertz CT molecular complexity index is 1150. The van der Waals surface area contributed by atoms with E-state index in [2.05, 4.69) is 16.0 Å². The predicted molar refractivity (Wildman–Crippen MR) is 137 cm³/mol. The minimum absolute atomic E-state index is 0.0489. The van der Waals surface area contributed by atoms with E-state index in [1.54, 1.807) is 6.20 Å². The van der Waals surface area contributed by atoms with Crippen LogP contribution in [-0.2, 0) is 16.0 Å². The second kappa shape index (κ2) is 13.0. The molecule has 7 nitrogen and oxygen atoms in total. The lowest BCUT2D eigenvalue weighted by Crippen LogP contribution is -2.45. The van der Waals surface area contributed by atoms with Gasteiger partial charge in [0.2, 0.25) is 0 Å². The van der Waals surface area contributed by atoms with Crippen molar-refractivity contribution in [2.24, 2.45) is 0 Å². The van der Waals surface area contributed by atoms with E-state index < -0.39 is 12.4 Å². The zero-order chi connectivity index (χ0) is 26.2. The molecule has 4 rings (SSSR count). The zero-order valence-electron chi connectivity index (χ0n) is 21.2. The van der Waals surface area contributed by atoms with Crippen molar-refractivity contribution in [3.05, 3.63) is 59.5 Å². The normalized spacial score (nSPS) is 17.8. The number of hydrogen-bond acceptors (Lipinski definition) is 5. The van der Waals surface area contributed by atoms with Crippen LogP contribution in [0.4, 0.5) is 8.78 Å². The fraction of sp³-hybridized carbons (Fsp3) is 0.500. The highest BCUT2D eigenvalue weighted by Crippen LogP contribution is 2.40. The van der Waals surface area contributed by atoms with Crippen LogP contribution in [0.15, 0.2) is 42.6 Å². The van der Waals surface area contributed by atoms with Crippen molar-refractivity contribution in [2.45, 2.75) is 64.0 Å². The number of aromatic nitrogens is 2. The highest BCUT2D eigenvalue weighted by atomic mass is 19.3. The van der Waals surface area contributed by atoms with Crippen molar-refractivity contribution in [1.29, 1.82) is 0 Å². The monoisotopic (exact) mass is 515 g/mol. The molecule has 2 aromatic heterocycles. The molecule has 0 saturated carbocycles. The average Bonchev–Trinajstić information content (AvgIpc) is 3.23. The van der Waals surface area contributed by atoms with Crippen LogP contribution < -0.4 is 4.74 Å². The van der Waals surface area contributed by atoms with E-state index in [0.717, 1.165) is 54.4 Å². The van der Waals surface area contributed by atoms with Crippen LogP contribution in [0, 0.1) is 0 Å². The van der Waals surface area contributed by atoms with E-state index in [1.165, 1.54) is 5.56 Å². The quantitative estimate of drug-likeness (QED) is 0.272. The van der Waals surface area contributed by atoms with Crippen LogP contribution in [0.2, 0.25) is 0 Å². The van der Waals surface area contributed by atoms with Gasteiger partial charge >= 0.3 is 5.97 Å². The maximum Gasteiger partial charge on any atom is 0.329 e. The highest BCUT2D eigenvalue weighted by Gasteiger charge is 2.37. The maximum atomic E-state index is 13.5. The number of alkyl halides is 2. The Morgan fingerprint density at radius 2 is 1.89 bits per heavy atom. The summed E-state index contributed by atoms with van der Waals surface area (Å²) in [6, 6.07) is 11.4. The van der Waals surface area contributed by atoms with Crippen molar-refractivity contribution >= 4 is 16.9 Å². The molecule has 1 aromatic carbocycles. The summed E-state index contributed by atoms with van der Waals surface area (Å²) in [5.74, 6) is -0.284. The van der Waals surface area contributed by atoms with E-state index in [-0.39, 0.29) is 25.2 Å². The van der Waals surface area contributed by atoms with E-state index in [1.807, 2.05) is 42.2 Å². The topological polar surface area (TPSA) is 87.7 Å². The Hall–Kier alpha value is -3.04. The van der Waals surface area contributed by atoms with E-state index in [0.29, 0.717) is 25.4 Å². The van der Waals surface area contributed by atoms with Gasteiger partial charge in [-0.3, -0.25) is 9.88 Å². The molecule has 0 fully saturated rings. The summed E-state index contributed by atoms with van der Waals surface area (Å²) in [4.78, 5) is 20.4. The van der Waals surface area contributed by atoms with Gasteiger partial charge in [0.15, 0.2) is 0 Å². The van der Waals surface area contributed by atoms with Gasteiger partial charge in [-0.15, -0.1) is 0 Å². The summed E-state index contributed by atoms with van der Waals surface area (Å²) in [5, 5.41) is 9.67. The summed E-state index contributed by atoms with van der Waals surface area (Å²) in [7, 11) is 0. The number of unbranched alkanes of at least 4 members (excludes halogenated alkanes) is 4. The molecular formula is C28H35F2N3O4. The number of aromatic amines is 1. The van der Waals surface area contributed by atoms with Gasteiger partial charge < -0.3 is 19.6 Å². The molecule has 2 N–H and O–H groups in total. The number of carbonyl (C=O) groups is 1. The molecule has 1 aliphatic heterocycles. The number of benzene rings is 1. The fourth-order valence-electron chi connectivity index (χ4n) is 5.09. The van der Waals surface area contributed by atoms with E-state index >= 15 is 0 Å². The molecule has 1 aliphatic rings. The van der Waals surface area contributed by atoms with Gasteiger partial charge in [-0.25, -0.2) is 13.6 Å². The average molecular weight is 516 g/mol. The Kier molecular flexibility index (Phi) is 9.46. The van der Waals surface area contributed by atoms with Gasteiger partial charge in [0.05, 0.1) is 31.1 Å². The van der Waals surface area contributed by atoms with Crippen LogP contribution in [0.1, 0.15) is 62.0 Å². The molecular weight excluding hydrogens is 480 g/mol. The molecule has 0 spiro atoms. The minimum Gasteiger partial charge on any atom is -0.492 e. The Morgan fingerprint density at radius 3 is 2.62 bits per heavy atom. The van der Waals surface area contributed by atoms with Crippen molar-refractivity contribution in [3.63, 3.8) is 0 Å². The standard InChI is InChI=1S/C28H35F2N3O4/c1-19-15-22-21-9-5-6-10-23(21)32-27(22)28(33(19)17-25(29)30)24-12-11-20(16-31-24)37-14-8-4-2-3-7-13-36-18-26(34)35/h5-6,9-12,16,19,25,28,32H,2-4,7-8,13-15,17-18H2,1H3,(H,34,35)/t19-,28-/m1/s1. The second-order valence-electron chi connectivity index (χ2n) is 9.59. The zero-order valence-corrected chi connectivity index (χ0v) is 21.2. The Labute approximate surface area is 215 Å². The molecule has 9 heteroatoms. The number of H-pyrrole nitrogens is 1. The number of hydrogen-bond donors (Lipinski definition) is 2. The Morgan fingerprint density at radius 1 is 1.14 bits per heavy atom. The number of ether oxygens (including phenoxy) is 2. The van der Waals surface area contributed by atoms with Crippen LogP contribution in [0.25, 0.3) is 10.9 Å². The number of halogens is 2. The van der Waals surface area contributed by atoms with Crippen molar-refractivity contribution < 1.29 is 28.2 Å². The lowest BCUT2D eigenvalue weighted by atomic mass is 9.90. The Balaban J connectivity index is 1.34. The predicted octanol–water partition coefficient (Wildman–Crippen LogP) is 5.59. The molecule has 2 atom stereocenters. The second-order valence-corrected chi connectivity index (χ2v) is 9.59. The summed E-state index contributed by atoms with van der Waals surface area (Å²) < 4.78 is 38.0. The summed E-state index contributed by atoms with van der Waals surface area (Å²) >= 11 is 0. The molecule has 0 unspecified atom stereocenters. The third kappa shape index (κ3) is 7.05. The maximum absolute atomic E-state index is 13.5. The van der Waals surface area contributed by atoms with Gasteiger partial charge in [-0.05, 0) is 49.9 Å². The largest absolute Gasteiger partial charge is 0.492 e. The van der Waals surface area contributed by atoms with Crippen LogP contribution >= 0.6 is 0 Å². The number of para-hydroxylation sites is 1. The number of carboxylic acids is 1. The lowest BCUT2D eigenvalue weighted by Gasteiger charge is -2.40. The first-order valence-corrected chi connectivity index (χ1v) is 13.0. The third-order valence-electron chi connectivity index (χ3n) is 6.83. The first-order chi connectivity index (χ1) is 17.9. The van der Waals surface area contributed by atoms with Crippen LogP contribution in [0.3, 0.4) is 0 Å². The minimum atomic E-state index is -2.43. The van der Waals surface area contributed by atoms with Gasteiger partial charge in [0.25, 0.3) is 6.43 Å². The number of pyridine rings is 1. The highest BCUT2D eigenvalue weighted by molar-refractivity contribution is 5.85. The first-order valence-electron chi connectivity index (χ1n) is 13.0. The first kappa shape index (κ1) is 27.0. The number of nitrogens with zero attached hydrogens (tertiary/aromatic N) is 2. The lowest BCUT2D eigenvalue weighted by molar-refractivity contribution is -0.142. The van der Waals surface area contributed by atoms with Crippen molar-refractivity contribution in [1.82, 2.24) is 14.9 Å². The number of carboxylic acid groups (broad SMARTS) is 1.